The van der Waals surface area contributed by atoms with Crippen molar-refractivity contribution in [3.8, 4) is 0 Å². The van der Waals surface area contributed by atoms with Gasteiger partial charge in [0.15, 0.2) is 0 Å². The monoisotopic (exact) mass is 275 g/mol. The molecule has 0 saturated carbocycles. The van der Waals surface area contributed by atoms with Crippen LogP contribution in [-0.4, -0.2) is 29.4 Å². The summed E-state index contributed by atoms with van der Waals surface area (Å²) in [5.74, 6) is -0.338. The zero-order chi connectivity index (χ0) is 13.4. The fourth-order valence-electron chi connectivity index (χ4n) is 2.84. The largest absolute Gasteiger partial charge is 0.369 e. The summed E-state index contributed by atoms with van der Waals surface area (Å²) in [6.07, 6.45) is 1.88. The molecule has 1 saturated heterocycles. The van der Waals surface area contributed by atoms with Crippen LogP contribution in [0.5, 0.6) is 0 Å². The van der Waals surface area contributed by atoms with Crippen molar-refractivity contribution in [1.82, 2.24) is 9.88 Å². The van der Waals surface area contributed by atoms with Gasteiger partial charge in [-0.15, -0.1) is 11.3 Å². The molecule has 2 aromatic rings. The first kappa shape index (κ1) is 12.6. The Morgan fingerprint density at radius 1 is 1.47 bits per heavy atom. The SMILES string of the molecule is CN1CCCC(C(N)=O)C1c1nc2ccccc2s1. The Morgan fingerprint density at radius 3 is 3.00 bits per heavy atom. The smallest absolute Gasteiger partial charge is 0.222 e. The molecule has 1 fully saturated rings. The Bertz CT molecular complexity index is 577. The minimum absolute atomic E-state index is 0.0312. The van der Waals surface area contributed by atoms with Gasteiger partial charge in [-0.2, -0.15) is 0 Å². The molecule has 0 spiro atoms. The van der Waals surface area contributed by atoms with Crippen LogP contribution < -0.4 is 5.73 Å². The van der Waals surface area contributed by atoms with Gasteiger partial charge in [-0.25, -0.2) is 4.98 Å². The summed E-state index contributed by atoms with van der Waals surface area (Å²) in [7, 11) is 2.05. The zero-order valence-corrected chi connectivity index (χ0v) is 11.7. The molecular weight excluding hydrogens is 258 g/mol. The van der Waals surface area contributed by atoms with Crippen LogP contribution in [0.2, 0.25) is 0 Å². The fraction of sp³-hybridized carbons (Fsp3) is 0.429. The third-order valence-corrected chi connectivity index (χ3v) is 4.92. The van der Waals surface area contributed by atoms with Crippen molar-refractivity contribution in [3.05, 3.63) is 29.3 Å². The van der Waals surface area contributed by atoms with Crippen LogP contribution in [0.15, 0.2) is 24.3 Å². The summed E-state index contributed by atoms with van der Waals surface area (Å²) in [4.78, 5) is 18.6. The molecule has 0 radical (unpaired) electrons. The van der Waals surface area contributed by atoms with E-state index in [0.717, 1.165) is 29.9 Å². The summed E-state index contributed by atoms with van der Waals surface area (Å²) < 4.78 is 1.17. The van der Waals surface area contributed by atoms with Crippen LogP contribution in [-0.2, 0) is 4.79 Å². The molecule has 2 atom stereocenters. The highest BCUT2D eigenvalue weighted by Crippen LogP contribution is 2.38. The van der Waals surface area contributed by atoms with Gasteiger partial charge in [-0.1, -0.05) is 12.1 Å². The average Bonchev–Trinajstić information content (AvgIpc) is 2.81. The van der Waals surface area contributed by atoms with Crippen LogP contribution in [0.4, 0.5) is 0 Å². The Balaban J connectivity index is 2.03. The lowest BCUT2D eigenvalue weighted by atomic mass is 9.89. The minimum atomic E-state index is -0.212. The van der Waals surface area contributed by atoms with Gasteiger partial charge in [0, 0.05) is 0 Å². The number of fused-ring (bicyclic) bond motifs is 1. The van der Waals surface area contributed by atoms with Gasteiger partial charge in [0.2, 0.25) is 5.91 Å². The van der Waals surface area contributed by atoms with Gasteiger partial charge in [-0.3, -0.25) is 9.69 Å². The number of carbonyl (C=O) groups is 1. The molecule has 1 aliphatic rings. The Hall–Kier alpha value is -1.46. The molecule has 4 nitrogen and oxygen atoms in total. The van der Waals surface area contributed by atoms with E-state index in [4.69, 9.17) is 5.73 Å². The van der Waals surface area contributed by atoms with Crippen molar-refractivity contribution in [2.45, 2.75) is 18.9 Å². The van der Waals surface area contributed by atoms with Crippen molar-refractivity contribution in [3.63, 3.8) is 0 Å². The van der Waals surface area contributed by atoms with E-state index in [1.165, 1.54) is 4.70 Å². The number of amides is 1. The second kappa shape index (κ2) is 4.90. The van der Waals surface area contributed by atoms with Crippen molar-refractivity contribution in [1.29, 1.82) is 0 Å². The first-order valence-corrected chi connectivity index (χ1v) is 7.33. The standard InChI is InChI=1S/C14H17N3OS/c1-17-8-4-5-9(13(15)18)12(17)14-16-10-6-2-3-7-11(10)19-14/h2-3,6-7,9,12H,4-5,8H2,1H3,(H2,15,18). The Kier molecular flexibility index (Phi) is 3.24. The maximum Gasteiger partial charge on any atom is 0.222 e. The normalized spacial score (nSPS) is 24.7. The van der Waals surface area contributed by atoms with Crippen LogP contribution in [0.1, 0.15) is 23.9 Å². The van der Waals surface area contributed by atoms with E-state index >= 15 is 0 Å². The van der Waals surface area contributed by atoms with Crippen LogP contribution in [0.25, 0.3) is 10.2 Å². The van der Waals surface area contributed by atoms with Gasteiger partial charge < -0.3 is 5.73 Å². The number of hydrogen-bond acceptors (Lipinski definition) is 4. The number of aromatic nitrogens is 1. The molecule has 2 unspecified atom stereocenters. The number of piperidine rings is 1. The maximum atomic E-state index is 11.7. The lowest BCUT2D eigenvalue weighted by Crippen LogP contribution is -2.42. The van der Waals surface area contributed by atoms with E-state index in [9.17, 15) is 4.79 Å². The van der Waals surface area contributed by atoms with E-state index in [-0.39, 0.29) is 17.9 Å². The molecule has 2 N–H and O–H groups in total. The summed E-state index contributed by atoms with van der Waals surface area (Å²) >= 11 is 1.67. The minimum Gasteiger partial charge on any atom is -0.369 e. The molecular formula is C14H17N3OS. The van der Waals surface area contributed by atoms with Gasteiger partial charge in [-0.05, 0) is 38.6 Å². The number of para-hydroxylation sites is 1. The van der Waals surface area contributed by atoms with Crippen molar-refractivity contribution < 1.29 is 4.79 Å². The molecule has 1 aromatic carbocycles. The molecule has 5 heteroatoms. The lowest BCUT2D eigenvalue weighted by molar-refractivity contribution is -0.125. The number of carbonyl (C=O) groups excluding carboxylic acids is 1. The number of rotatable bonds is 2. The highest BCUT2D eigenvalue weighted by Gasteiger charge is 2.36. The quantitative estimate of drug-likeness (QED) is 0.913. The molecule has 3 rings (SSSR count). The van der Waals surface area contributed by atoms with Crippen LogP contribution in [0, 0.1) is 5.92 Å². The van der Waals surface area contributed by atoms with Crippen molar-refractivity contribution in [2.75, 3.05) is 13.6 Å². The molecule has 1 aromatic heterocycles. The fourth-order valence-corrected chi connectivity index (χ4v) is 4.04. The first-order valence-electron chi connectivity index (χ1n) is 6.52. The number of thiazole rings is 1. The van der Waals surface area contributed by atoms with Gasteiger partial charge in [0.1, 0.15) is 5.01 Å². The van der Waals surface area contributed by atoms with Crippen LogP contribution >= 0.6 is 11.3 Å². The number of hydrogen-bond donors (Lipinski definition) is 1. The molecule has 100 valence electrons. The van der Waals surface area contributed by atoms with Gasteiger partial charge in [0.05, 0.1) is 22.2 Å². The van der Waals surface area contributed by atoms with Gasteiger partial charge in [0.25, 0.3) is 0 Å². The summed E-state index contributed by atoms with van der Waals surface area (Å²) in [5, 5.41) is 1.01. The number of primary amides is 1. The third kappa shape index (κ3) is 2.24. The number of benzene rings is 1. The molecule has 2 heterocycles. The van der Waals surface area contributed by atoms with E-state index in [0.29, 0.717) is 0 Å². The maximum absolute atomic E-state index is 11.7. The number of nitrogens with zero attached hydrogens (tertiary/aromatic N) is 2. The third-order valence-electron chi connectivity index (χ3n) is 3.81. The predicted molar refractivity (Wildman–Crippen MR) is 76.9 cm³/mol. The van der Waals surface area contributed by atoms with Crippen molar-refractivity contribution >= 4 is 27.5 Å². The topological polar surface area (TPSA) is 59.2 Å². The zero-order valence-electron chi connectivity index (χ0n) is 10.9. The summed E-state index contributed by atoms with van der Waals surface area (Å²) in [6.45, 7) is 0.990. The summed E-state index contributed by atoms with van der Waals surface area (Å²) in [6, 6.07) is 8.11. The van der Waals surface area contributed by atoms with E-state index < -0.39 is 0 Å². The van der Waals surface area contributed by atoms with E-state index in [1.54, 1.807) is 11.3 Å². The molecule has 0 aliphatic carbocycles. The molecule has 0 bridgehead atoms. The Labute approximate surface area is 116 Å². The highest BCUT2D eigenvalue weighted by atomic mass is 32.1. The van der Waals surface area contributed by atoms with E-state index in [1.807, 2.05) is 25.2 Å². The van der Waals surface area contributed by atoms with Crippen LogP contribution in [0.3, 0.4) is 0 Å². The number of nitrogens with two attached hydrogens (primary N) is 1. The lowest BCUT2D eigenvalue weighted by Gasteiger charge is -2.36. The predicted octanol–water partition coefficient (Wildman–Crippen LogP) is 2.16. The van der Waals surface area contributed by atoms with E-state index in [2.05, 4.69) is 16.0 Å². The molecule has 19 heavy (non-hydrogen) atoms. The summed E-state index contributed by atoms with van der Waals surface area (Å²) in [5.41, 5.74) is 6.57. The number of likely N-dealkylation sites (tertiary alicyclic amines) is 1. The molecule has 1 amide bonds. The van der Waals surface area contributed by atoms with Gasteiger partial charge >= 0.3 is 0 Å². The second-order valence-electron chi connectivity index (χ2n) is 5.10. The average molecular weight is 275 g/mol. The van der Waals surface area contributed by atoms with Crippen molar-refractivity contribution in [2.24, 2.45) is 11.7 Å². The highest BCUT2D eigenvalue weighted by molar-refractivity contribution is 7.18. The Morgan fingerprint density at radius 2 is 2.26 bits per heavy atom. The second-order valence-corrected chi connectivity index (χ2v) is 6.16. The molecule has 1 aliphatic heterocycles. The first-order chi connectivity index (χ1) is 9.16.